The summed E-state index contributed by atoms with van der Waals surface area (Å²) in [6.45, 7) is 2.06. The number of hydrogen-bond donors (Lipinski definition) is 0. The molecule has 0 aliphatic carbocycles. The SMILES string of the molecule is COc1cc(C)cc(I)c1. The zero-order chi connectivity index (χ0) is 7.56. The van der Waals surface area contributed by atoms with E-state index in [1.165, 1.54) is 9.13 Å². The second kappa shape index (κ2) is 3.23. The molecule has 0 saturated carbocycles. The standard InChI is InChI=1S/C8H9IO/c1-6-3-7(9)5-8(4-6)10-2/h3-5H,1-2H3. The van der Waals surface area contributed by atoms with Crippen molar-refractivity contribution in [3.63, 3.8) is 0 Å². The maximum atomic E-state index is 5.07. The Labute approximate surface area is 74.5 Å². The zero-order valence-electron chi connectivity index (χ0n) is 6.02. The van der Waals surface area contributed by atoms with Crippen LogP contribution in [0.2, 0.25) is 0 Å². The Morgan fingerprint density at radius 2 is 2.00 bits per heavy atom. The van der Waals surface area contributed by atoms with Crippen LogP contribution in [-0.2, 0) is 0 Å². The zero-order valence-corrected chi connectivity index (χ0v) is 8.18. The molecule has 0 atom stereocenters. The van der Waals surface area contributed by atoms with Crippen LogP contribution in [-0.4, -0.2) is 7.11 Å². The highest BCUT2D eigenvalue weighted by molar-refractivity contribution is 14.1. The molecule has 1 aromatic rings. The molecule has 0 fully saturated rings. The van der Waals surface area contributed by atoms with E-state index >= 15 is 0 Å². The summed E-state index contributed by atoms with van der Waals surface area (Å²) in [4.78, 5) is 0. The second-order valence-corrected chi connectivity index (χ2v) is 3.41. The molecule has 54 valence electrons. The van der Waals surface area contributed by atoms with Crippen LogP contribution in [0.1, 0.15) is 5.56 Å². The number of aryl methyl sites for hydroxylation is 1. The minimum atomic E-state index is 0.935. The minimum absolute atomic E-state index is 0.935. The van der Waals surface area contributed by atoms with Gasteiger partial charge in [0.2, 0.25) is 0 Å². The molecule has 0 bridgehead atoms. The lowest BCUT2D eigenvalue weighted by Gasteiger charge is -2.00. The van der Waals surface area contributed by atoms with Crippen molar-refractivity contribution >= 4 is 22.6 Å². The van der Waals surface area contributed by atoms with E-state index in [1.54, 1.807) is 7.11 Å². The van der Waals surface area contributed by atoms with Crippen molar-refractivity contribution < 1.29 is 4.74 Å². The largest absolute Gasteiger partial charge is 0.497 e. The van der Waals surface area contributed by atoms with E-state index in [9.17, 15) is 0 Å². The van der Waals surface area contributed by atoms with Crippen LogP contribution in [0.4, 0.5) is 0 Å². The molecule has 1 nitrogen and oxygen atoms in total. The van der Waals surface area contributed by atoms with E-state index in [-0.39, 0.29) is 0 Å². The van der Waals surface area contributed by atoms with Gasteiger partial charge >= 0.3 is 0 Å². The lowest BCUT2D eigenvalue weighted by molar-refractivity contribution is 0.414. The Hall–Kier alpha value is -0.250. The van der Waals surface area contributed by atoms with E-state index < -0.39 is 0 Å². The van der Waals surface area contributed by atoms with Gasteiger partial charge in [-0.2, -0.15) is 0 Å². The third-order valence-corrected chi connectivity index (χ3v) is 1.87. The van der Waals surface area contributed by atoms with Crippen molar-refractivity contribution in [1.29, 1.82) is 0 Å². The molecular formula is C8H9IO. The first kappa shape index (κ1) is 7.85. The van der Waals surface area contributed by atoms with Gasteiger partial charge in [-0.05, 0) is 53.3 Å². The molecule has 0 N–H and O–H groups in total. The number of benzene rings is 1. The van der Waals surface area contributed by atoms with Gasteiger partial charge in [-0.15, -0.1) is 0 Å². The van der Waals surface area contributed by atoms with Gasteiger partial charge in [-0.1, -0.05) is 0 Å². The van der Waals surface area contributed by atoms with Gasteiger partial charge in [-0.3, -0.25) is 0 Å². The van der Waals surface area contributed by atoms with Crippen molar-refractivity contribution in [1.82, 2.24) is 0 Å². The summed E-state index contributed by atoms with van der Waals surface area (Å²) in [7, 11) is 1.69. The van der Waals surface area contributed by atoms with Crippen LogP contribution in [0.3, 0.4) is 0 Å². The number of rotatable bonds is 1. The van der Waals surface area contributed by atoms with Crippen LogP contribution >= 0.6 is 22.6 Å². The molecular weight excluding hydrogens is 239 g/mol. The Kier molecular flexibility index (Phi) is 2.54. The summed E-state index contributed by atoms with van der Waals surface area (Å²) in [5.74, 6) is 0.935. The smallest absolute Gasteiger partial charge is 0.120 e. The van der Waals surface area contributed by atoms with Crippen LogP contribution in [0.25, 0.3) is 0 Å². The van der Waals surface area contributed by atoms with Crippen LogP contribution < -0.4 is 4.74 Å². The van der Waals surface area contributed by atoms with Crippen molar-refractivity contribution in [3.8, 4) is 5.75 Å². The predicted molar refractivity (Wildman–Crippen MR) is 50.4 cm³/mol. The molecule has 0 unspecified atom stereocenters. The summed E-state index contributed by atoms with van der Waals surface area (Å²) in [5.41, 5.74) is 1.24. The molecule has 10 heavy (non-hydrogen) atoms. The number of methoxy groups -OCH3 is 1. The molecule has 0 saturated heterocycles. The Bertz CT molecular complexity index is 212. The maximum absolute atomic E-state index is 5.07. The van der Waals surface area contributed by atoms with Gasteiger partial charge in [0, 0.05) is 3.57 Å². The van der Waals surface area contributed by atoms with Crippen molar-refractivity contribution in [2.75, 3.05) is 7.11 Å². The molecule has 1 aromatic carbocycles. The van der Waals surface area contributed by atoms with Gasteiger partial charge in [-0.25, -0.2) is 0 Å². The molecule has 0 spiro atoms. The van der Waals surface area contributed by atoms with Gasteiger partial charge in [0.25, 0.3) is 0 Å². The number of hydrogen-bond acceptors (Lipinski definition) is 1. The normalized spacial score (nSPS) is 9.50. The van der Waals surface area contributed by atoms with E-state index in [2.05, 4.69) is 35.6 Å². The molecule has 1 rings (SSSR count). The monoisotopic (exact) mass is 248 g/mol. The van der Waals surface area contributed by atoms with E-state index in [1.807, 2.05) is 12.1 Å². The van der Waals surface area contributed by atoms with Gasteiger partial charge in [0.15, 0.2) is 0 Å². The highest BCUT2D eigenvalue weighted by Gasteiger charge is 1.93. The average Bonchev–Trinajstić information content (AvgIpc) is 1.85. The fourth-order valence-electron chi connectivity index (χ4n) is 0.821. The maximum Gasteiger partial charge on any atom is 0.120 e. The first-order chi connectivity index (χ1) is 4.72. The first-order valence-corrected chi connectivity index (χ1v) is 4.11. The van der Waals surface area contributed by atoms with E-state index in [0.29, 0.717) is 0 Å². The lowest BCUT2D eigenvalue weighted by Crippen LogP contribution is -1.84. The topological polar surface area (TPSA) is 9.23 Å². The molecule has 0 amide bonds. The second-order valence-electron chi connectivity index (χ2n) is 2.17. The van der Waals surface area contributed by atoms with Crippen molar-refractivity contribution in [3.05, 3.63) is 27.3 Å². The molecule has 0 heterocycles. The fraction of sp³-hybridized carbons (Fsp3) is 0.250. The number of halogens is 1. The molecule has 0 aliphatic rings. The summed E-state index contributed by atoms with van der Waals surface area (Å²) < 4.78 is 6.29. The summed E-state index contributed by atoms with van der Waals surface area (Å²) in [6, 6.07) is 6.14. The first-order valence-electron chi connectivity index (χ1n) is 3.03. The number of ether oxygens (including phenoxy) is 1. The Morgan fingerprint density at radius 1 is 1.30 bits per heavy atom. The molecule has 0 aromatic heterocycles. The van der Waals surface area contributed by atoms with Crippen LogP contribution in [0, 0.1) is 10.5 Å². The summed E-state index contributed by atoms with van der Waals surface area (Å²) in [5, 5.41) is 0. The summed E-state index contributed by atoms with van der Waals surface area (Å²) >= 11 is 2.27. The predicted octanol–water partition coefficient (Wildman–Crippen LogP) is 2.61. The highest BCUT2D eigenvalue weighted by Crippen LogP contribution is 2.17. The van der Waals surface area contributed by atoms with Crippen molar-refractivity contribution in [2.24, 2.45) is 0 Å². The third kappa shape index (κ3) is 1.87. The Balaban J connectivity index is 3.06. The minimum Gasteiger partial charge on any atom is -0.497 e. The van der Waals surface area contributed by atoms with Crippen molar-refractivity contribution in [2.45, 2.75) is 6.92 Å². The van der Waals surface area contributed by atoms with E-state index in [4.69, 9.17) is 4.74 Å². The Morgan fingerprint density at radius 3 is 2.50 bits per heavy atom. The average molecular weight is 248 g/mol. The van der Waals surface area contributed by atoms with Crippen LogP contribution in [0.5, 0.6) is 5.75 Å². The van der Waals surface area contributed by atoms with Gasteiger partial charge in [0.05, 0.1) is 7.11 Å². The fourth-order valence-corrected chi connectivity index (χ4v) is 1.62. The van der Waals surface area contributed by atoms with Crippen LogP contribution in [0.15, 0.2) is 18.2 Å². The van der Waals surface area contributed by atoms with Gasteiger partial charge < -0.3 is 4.74 Å². The molecule has 0 radical (unpaired) electrons. The lowest BCUT2D eigenvalue weighted by atomic mass is 10.2. The quantitative estimate of drug-likeness (QED) is 0.694. The molecule has 0 aliphatic heterocycles. The van der Waals surface area contributed by atoms with Gasteiger partial charge in [0.1, 0.15) is 5.75 Å². The summed E-state index contributed by atoms with van der Waals surface area (Å²) in [6.07, 6.45) is 0. The molecule has 2 heteroatoms. The highest BCUT2D eigenvalue weighted by atomic mass is 127. The third-order valence-electron chi connectivity index (χ3n) is 1.25. The van der Waals surface area contributed by atoms with E-state index in [0.717, 1.165) is 5.75 Å².